The Hall–Kier alpha value is -1.76. The minimum absolute atomic E-state index is 0.257. The van der Waals surface area contributed by atoms with Gasteiger partial charge in [0.05, 0.1) is 22.0 Å². The molecule has 0 saturated carbocycles. The lowest BCUT2D eigenvalue weighted by molar-refractivity contribution is 0.102. The number of nitrogens with one attached hydrogen (secondary N) is 1. The van der Waals surface area contributed by atoms with Gasteiger partial charge in [-0.05, 0) is 43.4 Å². The SMILES string of the molecule is CN1CCN(c2ccc(N)cc2NC(=O)c2cc(Br)ccc2Cl)CC1. The van der Waals surface area contributed by atoms with Crippen LogP contribution >= 0.6 is 27.5 Å². The van der Waals surface area contributed by atoms with Crippen molar-refractivity contribution in [3.63, 3.8) is 0 Å². The van der Waals surface area contributed by atoms with Gasteiger partial charge in [0.1, 0.15) is 0 Å². The minimum atomic E-state index is -0.257. The van der Waals surface area contributed by atoms with Crippen molar-refractivity contribution in [1.82, 2.24) is 4.90 Å². The summed E-state index contributed by atoms with van der Waals surface area (Å²) in [5, 5.41) is 3.37. The fourth-order valence-corrected chi connectivity index (χ4v) is 3.40. The molecule has 0 bridgehead atoms. The Morgan fingerprint density at radius 1 is 1.16 bits per heavy atom. The number of nitrogen functional groups attached to an aromatic ring is 1. The van der Waals surface area contributed by atoms with Gasteiger partial charge in [0.25, 0.3) is 5.91 Å². The summed E-state index contributed by atoms with van der Waals surface area (Å²) in [6, 6.07) is 10.8. The van der Waals surface area contributed by atoms with Crippen LogP contribution in [0.5, 0.6) is 0 Å². The molecular weight excluding hydrogens is 404 g/mol. The molecule has 5 nitrogen and oxygen atoms in total. The quantitative estimate of drug-likeness (QED) is 0.739. The maximum atomic E-state index is 12.7. The van der Waals surface area contributed by atoms with Gasteiger partial charge in [0.15, 0.2) is 0 Å². The third kappa shape index (κ3) is 4.26. The van der Waals surface area contributed by atoms with E-state index < -0.39 is 0 Å². The average Bonchev–Trinajstić information content (AvgIpc) is 2.58. The van der Waals surface area contributed by atoms with Crippen LogP contribution in [-0.4, -0.2) is 44.0 Å². The van der Waals surface area contributed by atoms with Crippen LogP contribution in [0.15, 0.2) is 40.9 Å². The highest BCUT2D eigenvalue weighted by atomic mass is 79.9. The molecule has 1 saturated heterocycles. The zero-order valence-electron chi connectivity index (χ0n) is 13.9. The number of piperazine rings is 1. The summed E-state index contributed by atoms with van der Waals surface area (Å²) in [5.74, 6) is -0.257. The summed E-state index contributed by atoms with van der Waals surface area (Å²) >= 11 is 9.54. The van der Waals surface area contributed by atoms with E-state index in [9.17, 15) is 4.79 Å². The first-order valence-electron chi connectivity index (χ1n) is 8.03. The van der Waals surface area contributed by atoms with Gasteiger partial charge in [-0.1, -0.05) is 27.5 Å². The summed E-state index contributed by atoms with van der Waals surface area (Å²) in [5.41, 5.74) is 8.63. The minimum Gasteiger partial charge on any atom is -0.399 e. The number of nitrogens with zero attached hydrogens (tertiary/aromatic N) is 2. The number of benzene rings is 2. The summed E-state index contributed by atoms with van der Waals surface area (Å²) in [6.07, 6.45) is 0. The first-order chi connectivity index (χ1) is 11.9. The van der Waals surface area contributed by atoms with Gasteiger partial charge in [-0.2, -0.15) is 0 Å². The Kier molecular flexibility index (Phi) is 5.51. The molecule has 2 aromatic rings. The lowest BCUT2D eigenvalue weighted by atomic mass is 10.1. The van der Waals surface area contributed by atoms with Crippen LogP contribution in [0.2, 0.25) is 5.02 Å². The molecule has 3 rings (SSSR count). The van der Waals surface area contributed by atoms with Crippen LogP contribution in [0.4, 0.5) is 17.1 Å². The van der Waals surface area contributed by atoms with Gasteiger partial charge in [-0.25, -0.2) is 0 Å². The molecule has 1 aliphatic rings. The van der Waals surface area contributed by atoms with Gasteiger partial charge >= 0.3 is 0 Å². The predicted octanol–water partition coefficient (Wildman–Crippen LogP) is 3.69. The van der Waals surface area contributed by atoms with Crippen molar-refractivity contribution in [2.75, 3.05) is 49.2 Å². The Morgan fingerprint density at radius 2 is 1.88 bits per heavy atom. The Bertz CT molecular complexity index is 791. The highest BCUT2D eigenvalue weighted by molar-refractivity contribution is 9.10. The van der Waals surface area contributed by atoms with Crippen molar-refractivity contribution in [1.29, 1.82) is 0 Å². The first-order valence-corrected chi connectivity index (χ1v) is 9.20. The normalized spacial score (nSPS) is 15.2. The second-order valence-corrected chi connectivity index (χ2v) is 7.47. The third-order valence-electron chi connectivity index (χ3n) is 4.29. The van der Waals surface area contributed by atoms with Crippen LogP contribution in [0, 0.1) is 0 Å². The van der Waals surface area contributed by atoms with Gasteiger partial charge < -0.3 is 20.9 Å². The molecule has 1 aliphatic heterocycles. The molecular formula is C18H20BrClN4O. The lowest BCUT2D eigenvalue weighted by Crippen LogP contribution is -2.44. The molecule has 132 valence electrons. The number of carbonyl (C=O) groups is 1. The fraction of sp³-hybridized carbons (Fsp3) is 0.278. The lowest BCUT2D eigenvalue weighted by Gasteiger charge is -2.35. The number of halogens is 2. The number of anilines is 3. The van der Waals surface area contributed by atoms with Crippen molar-refractivity contribution < 1.29 is 4.79 Å². The number of rotatable bonds is 3. The van der Waals surface area contributed by atoms with Crippen LogP contribution in [0.25, 0.3) is 0 Å². The van der Waals surface area contributed by atoms with Gasteiger partial charge in [0, 0.05) is 36.3 Å². The number of nitrogens with two attached hydrogens (primary N) is 1. The zero-order chi connectivity index (χ0) is 18.0. The van der Waals surface area contributed by atoms with E-state index in [2.05, 4.69) is 38.1 Å². The Balaban J connectivity index is 1.87. The van der Waals surface area contributed by atoms with Crippen LogP contribution in [0.1, 0.15) is 10.4 Å². The van der Waals surface area contributed by atoms with E-state index >= 15 is 0 Å². The van der Waals surface area contributed by atoms with E-state index in [1.165, 1.54) is 0 Å². The average molecular weight is 424 g/mol. The monoisotopic (exact) mass is 422 g/mol. The standard InChI is InChI=1S/C18H20BrClN4O/c1-23-6-8-24(9-7-23)17-5-3-13(21)11-16(17)22-18(25)14-10-12(19)2-4-15(14)20/h2-5,10-11H,6-9,21H2,1H3,(H,22,25). The van der Waals surface area contributed by atoms with E-state index in [1.807, 2.05) is 12.1 Å². The second-order valence-electron chi connectivity index (χ2n) is 6.15. The van der Waals surface area contributed by atoms with E-state index in [0.29, 0.717) is 22.0 Å². The molecule has 0 spiro atoms. The number of hydrogen-bond donors (Lipinski definition) is 2. The number of amides is 1. The van der Waals surface area contributed by atoms with Crippen LogP contribution < -0.4 is 16.0 Å². The molecule has 2 aromatic carbocycles. The summed E-state index contributed by atoms with van der Waals surface area (Å²) in [6.45, 7) is 3.77. The number of carbonyl (C=O) groups excluding carboxylic acids is 1. The Morgan fingerprint density at radius 3 is 2.60 bits per heavy atom. The molecule has 1 amide bonds. The maximum Gasteiger partial charge on any atom is 0.257 e. The second kappa shape index (κ2) is 7.64. The smallest absolute Gasteiger partial charge is 0.257 e. The third-order valence-corrected chi connectivity index (χ3v) is 5.11. The first kappa shape index (κ1) is 18.0. The molecule has 0 atom stereocenters. The molecule has 0 aliphatic carbocycles. The molecule has 0 aromatic heterocycles. The van der Waals surface area contributed by atoms with Gasteiger partial charge in [-0.15, -0.1) is 0 Å². The largest absolute Gasteiger partial charge is 0.399 e. The van der Waals surface area contributed by atoms with Crippen LogP contribution in [-0.2, 0) is 0 Å². The molecule has 25 heavy (non-hydrogen) atoms. The fourth-order valence-electron chi connectivity index (χ4n) is 2.84. The van der Waals surface area contributed by atoms with E-state index in [4.69, 9.17) is 17.3 Å². The maximum absolute atomic E-state index is 12.7. The molecule has 1 fully saturated rings. The molecule has 0 unspecified atom stereocenters. The van der Waals surface area contributed by atoms with E-state index in [1.54, 1.807) is 24.3 Å². The molecule has 7 heteroatoms. The summed E-state index contributed by atoms with van der Waals surface area (Å²) < 4.78 is 0.800. The van der Waals surface area contributed by atoms with Crippen LogP contribution in [0.3, 0.4) is 0 Å². The van der Waals surface area contributed by atoms with Crippen molar-refractivity contribution in [3.05, 3.63) is 51.5 Å². The van der Waals surface area contributed by atoms with Crippen molar-refractivity contribution >= 4 is 50.5 Å². The van der Waals surface area contributed by atoms with E-state index in [0.717, 1.165) is 36.3 Å². The predicted molar refractivity (Wildman–Crippen MR) is 108 cm³/mol. The van der Waals surface area contributed by atoms with E-state index in [-0.39, 0.29) is 5.91 Å². The van der Waals surface area contributed by atoms with Crippen molar-refractivity contribution in [3.8, 4) is 0 Å². The van der Waals surface area contributed by atoms with Crippen molar-refractivity contribution in [2.24, 2.45) is 0 Å². The number of hydrogen-bond acceptors (Lipinski definition) is 4. The highest BCUT2D eigenvalue weighted by Gasteiger charge is 2.19. The molecule has 0 radical (unpaired) electrons. The highest BCUT2D eigenvalue weighted by Crippen LogP contribution is 2.30. The number of likely N-dealkylation sites (N-methyl/N-ethyl adjacent to an activating group) is 1. The van der Waals surface area contributed by atoms with Gasteiger partial charge in [-0.3, -0.25) is 4.79 Å². The Labute approximate surface area is 160 Å². The van der Waals surface area contributed by atoms with Gasteiger partial charge in [0.2, 0.25) is 0 Å². The summed E-state index contributed by atoms with van der Waals surface area (Å²) in [4.78, 5) is 17.2. The van der Waals surface area contributed by atoms with Crippen molar-refractivity contribution in [2.45, 2.75) is 0 Å². The topological polar surface area (TPSA) is 61.6 Å². The zero-order valence-corrected chi connectivity index (χ0v) is 16.3. The molecule has 3 N–H and O–H groups in total. The summed E-state index contributed by atoms with van der Waals surface area (Å²) in [7, 11) is 2.11. The molecule has 1 heterocycles.